The molecule has 0 saturated carbocycles. The monoisotopic (exact) mass is 386 g/mol. The highest BCUT2D eigenvalue weighted by molar-refractivity contribution is 8.01. The van der Waals surface area contributed by atoms with Crippen LogP contribution < -0.4 is 15.4 Å². The Hall–Kier alpha value is -2.47. The van der Waals surface area contributed by atoms with Crippen molar-refractivity contribution in [3.8, 4) is 5.75 Å². The summed E-state index contributed by atoms with van der Waals surface area (Å²) < 4.78 is 5.50. The van der Waals surface area contributed by atoms with Gasteiger partial charge in [0, 0.05) is 5.69 Å². The lowest BCUT2D eigenvalue weighted by molar-refractivity contribution is -0.115. The third-order valence-electron chi connectivity index (χ3n) is 4.16. The van der Waals surface area contributed by atoms with Gasteiger partial charge in [0.2, 0.25) is 11.8 Å². The van der Waals surface area contributed by atoms with Crippen LogP contribution in [0.2, 0.25) is 0 Å². The molecule has 2 aromatic carbocycles. The van der Waals surface area contributed by atoms with Crippen LogP contribution in [0.1, 0.15) is 25.0 Å². The van der Waals surface area contributed by atoms with Crippen LogP contribution >= 0.6 is 11.8 Å². The number of anilines is 2. The molecule has 0 saturated heterocycles. The van der Waals surface area contributed by atoms with E-state index in [1.54, 1.807) is 13.0 Å². The standard InChI is InChI=1S/C21H26N2O3S/c1-5-26-19-12-7-6-10-18(19)22-20(24)13-27-16(4)21(25)23-17-11-8-9-14(2)15(17)3/h6-12,16H,5,13H2,1-4H3,(H,22,24)(H,23,25)/t16-/m0/s1. The number of carbonyl (C=O) groups excluding carboxylic acids is 2. The van der Waals surface area contributed by atoms with Gasteiger partial charge in [-0.2, -0.15) is 0 Å². The highest BCUT2D eigenvalue weighted by atomic mass is 32.2. The van der Waals surface area contributed by atoms with E-state index in [2.05, 4.69) is 10.6 Å². The Labute approximate surface area is 164 Å². The molecule has 2 amide bonds. The summed E-state index contributed by atoms with van der Waals surface area (Å²) in [6.45, 7) is 8.20. The molecule has 1 atom stereocenters. The van der Waals surface area contributed by atoms with Crippen LogP contribution in [-0.2, 0) is 9.59 Å². The Bertz CT molecular complexity index is 808. The molecule has 0 bridgehead atoms. The summed E-state index contributed by atoms with van der Waals surface area (Å²) in [5.41, 5.74) is 3.62. The van der Waals surface area contributed by atoms with Gasteiger partial charge in [0.15, 0.2) is 0 Å². The zero-order valence-electron chi connectivity index (χ0n) is 16.2. The summed E-state index contributed by atoms with van der Waals surface area (Å²) in [6.07, 6.45) is 0. The van der Waals surface area contributed by atoms with Gasteiger partial charge in [-0.1, -0.05) is 24.3 Å². The SMILES string of the molecule is CCOc1ccccc1NC(=O)CS[C@@H](C)C(=O)Nc1cccc(C)c1C. The van der Waals surface area contributed by atoms with Crippen LogP contribution in [0.25, 0.3) is 0 Å². The van der Waals surface area contributed by atoms with Crippen molar-refractivity contribution >= 4 is 35.0 Å². The van der Waals surface area contributed by atoms with Gasteiger partial charge in [-0.15, -0.1) is 11.8 Å². The Morgan fingerprint density at radius 2 is 1.74 bits per heavy atom. The number of hydrogen-bond acceptors (Lipinski definition) is 4. The van der Waals surface area contributed by atoms with Crippen LogP contribution in [-0.4, -0.2) is 29.4 Å². The van der Waals surface area contributed by atoms with E-state index in [4.69, 9.17) is 4.74 Å². The first-order valence-electron chi connectivity index (χ1n) is 8.92. The maximum atomic E-state index is 12.4. The zero-order chi connectivity index (χ0) is 19.8. The van der Waals surface area contributed by atoms with E-state index in [1.165, 1.54) is 11.8 Å². The largest absolute Gasteiger partial charge is 0.492 e. The van der Waals surface area contributed by atoms with Crippen molar-refractivity contribution in [1.82, 2.24) is 0 Å². The van der Waals surface area contributed by atoms with E-state index in [1.807, 2.05) is 57.2 Å². The summed E-state index contributed by atoms with van der Waals surface area (Å²) in [5.74, 6) is 0.538. The molecular formula is C21H26N2O3S. The smallest absolute Gasteiger partial charge is 0.237 e. The number of para-hydroxylation sites is 2. The Balaban J connectivity index is 1.87. The number of carbonyl (C=O) groups is 2. The minimum absolute atomic E-state index is 0.115. The number of thioether (sulfide) groups is 1. The van der Waals surface area contributed by atoms with Crippen molar-refractivity contribution in [3.05, 3.63) is 53.6 Å². The van der Waals surface area contributed by atoms with Crippen molar-refractivity contribution in [2.24, 2.45) is 0 Å². The summed E-state index contributed by atoms with van der Waals surface area (Å²) >= 11 is 1.30. The molecule has 5 nitrogen and oxygen atoms in total. The lowest BCUT2D eigenvalue weighted by atomic mass is 10.1. The number of aryl methyl sites for hydroxylation is 1. The highest BCUT2D eigenvalue weighted by Gasteiger charge is 2.17. The maximum absolute atomic E-state index is 12.4. The van der Waals surface area contributed by atoms with Crippen molar-refractivity contribution < 1.29 is 14.3 Å². The van der Waals surface area contributed by atoms with Gasteiger partial charge in [-0.25, -0.2) is 0 Å². The van der Waals surface area contributed by atoms with E-state index in [0.29, 0.717) is 18.0 Å². The van der Waals surface area contributed by atoms with Crippen LogP contribution in [0.4, 0.5) is 11.4 Å². The number of rotatable bonds is 8. The number of nitrogens with one attached hydrogen (secondary N) is 2. The molecule has 0 heterocycles. The lowest BCUT2D eigenvalue weighted by Gasteiger charge is -2.15. The van der Waals surface area contributed by atoms with Gasteiger partial charge in [-0.3, -0.25) is 9.59 Å². The fraction of sp³-hybridized carbons (Fsp3) is 0.333. The molecule has 2 N–H and O–H groups in total. The topological polar surface area (TPSA) is 67.4 Å². The zero-order valence-corrected chi connectivity index (χ0v) is 17.0. The van der Waals surface area contributed by atoms with Gasteiger partial charge < -0.3 is 15.4 Å². The third-order valence-corrected chi connectivity index (χ3v) is 5.30. The number of hydrogen-bond donors (Lipinski definition) is 2. The first-order valence-corrected chi connectivity index (χ1v) is 9.97. The summed E-state index contributed by atoms with van der Waals surface area (Å²) in [5, 5.41) is 5.43. The fourth-order valence-electron chi connectivity index (χ4n) is 2.43. The van der Waals surface area contributed by atoms with E-state index in [9.17, 15) is 9.59 Å². The molecule has 0 unspecified atom stereocenters. The van der Waals surface area contributed by atoms with Crippen LogP contribution in [0.5, 0.6) is 5.75 Å². The van der Waals surface area contributed by atoms with Crippen molar-refractivity contribution in [2.45, 2.75) is 32.9 Å². The first-order chi connectivity index (χ1) is 12.9. The predicted molar refractivity (Wildman–Crippen MR) is 113 cm³/mol. The first kappa shape index (κ1) is 20.8. The second-order valence-electron chi connectivity index (χ2n) is 6.17. The van der Waals surface area contributed by atoms with E-state index < -0.39 is 0 Å². The molecule has 0 fully saturated rings. The second kappa shape index (κ2) is 10.0. The molecule has 27 heavy (non-hydrogen) atoms. The fourth-order valence-corrected chi connectivity index (χ4v) is 3.12. The van der Waals surface area contributed by atoms with Crippen molar-refractivity contribution in [1.29, 1.82) is 0 Å². The molecule has 0 aromatic heterocycles. The van der Waals surface area contributed by atoms with Crippen LogP contribution in [0, 0.1) is 13.8 Å². The van der Waals surface area contributed by atoms with Gasteiger partial charge in [0.05, 0.1) is 23.3 Å². The third kappa shape index (κ3) is 6.03. The maximum Gasteiger partial charge on any atom is 0.237 e. The number of benzene rings is 2. The Morgan fingerprint density at radius 1 is 1.04 bits per heavy atom. The summed E-state index contributed by atoms with van der Waals surface area (Å²) in [6, 6.07) is 13.1. The average Bonchev–Trinajstić information content (AvgIpc) is 2.65. The molecule has 6 heteroatoms. The molecule has 0 aliphatic rings. The molecule has 0 radical (unpaired) electrons. The Morgan fingerprint density at radius 3 is 2.48 bits per heavy atom. The number of amides is 2. The van der Waals surface area contributed by atoms with E-state index >= 15 is 0 Å². The van der Waals surface area contributed by atoms with Gasteiger partial charge in [-0.05, 0) is 57.0 Å². The quantitative estimate of drug-likeness (QED) is 0.706. The van der Waals surface area contributed by atoms with Gasteiger partial charge in [0.25, 0.3) is 0 Å². The van der Waals surface area contributed by atoms with Gasteiger partial charge >= 0.3 is 0 Å². The highest BCUT2D eigenvalue weighted by Crippen LogP contribution is 2.24. The summed E-state index contributed by atoms with van der Waals surface area (Å²) in [7, 11) is 0. The molecule has 0 spiro atoms. The molecule has 0 aliphatic carbocycles. The lowest BCUT2D eigenvalue weighted by Crippen LogP contribution is -2.25. The number of ether oxygens (including phenoxy) is 1. The van der Waals surface area contributed by atoms with Gasteiger partial charge in [0.1, 0.15) is 5.75 Å². The normalized spacial score (nSPS) is 11.6. The minimum atomic E-state index is -0.349. The van der Waals surface area contributed by atoms with Crippen LogP contribution in [0.3, 0.4) is 0 Å². The Kier molecular flexibility index (Phi) is 7.73. The molecule has 2 rings (SSSR count). The molecule has 2 aromatic rings. The molecule has 144 valence electrons. The van der Waals surface area contributed by atoms with Crippen molar-refractivity contribution in [3.63, 3.8) is 0 Å². The van der Waals surface area contributed by atoms with E-state index in [0.717, 1.165) is 16.8 Å². The summed E-state index contributed by atoms with van der Waals surface area (Å²) in [4.78, 5) is 24.6. The molecule has 0 aliphatic heterocycles. The van der Waals surface area contributed by atoms with E-state index in [-0.39, 0.29) is 22.8 Å². The minimum Gasteiger partial charge on any atom is -0.492 e. The predicted octanol–water partition coefficient (Wildman–Crippen LogP) is 4.40. The van der Waals surface area contributed by atoms with Crippen molar-refractivity contribution in [2.75, 3.05) is 23.0 Å². The second-order valence-corrected chi connectivity index (χ2v) is 7.50. The van der Waals surface area contributed by atoms with Crippen LogP contribution in [0.15, 0.2) is 42.5 Å². The average molecular weight is 387 g/mol. The molecular weight excluding hydrogens is 360 g/mol.